The van der Waals surface area contributed by atoms with E-state index in [1.54, 1.807) is 7.11 Å². The molecule has 0 spiro atoms. The second kappa shape index (κ2) is 4.02. The van der Waals surface area contributed by atoms with Crippen molar-refractivity contribution >= 4 is 49.4 Å². The first kappa shape index (κ1) is 10.2. The highest BCUT2D eigenvalue weighted by Crippen LogP contribution is 2.33. The SMILES string of the molecule is COc1c(Br)ccc2ncc(I)cc12. The molecule has 0 aliphatic rings. The molecule has 0 atom stereocenters. The van der Waals surface area contributed by atoms with E-state index in [-0.39, 0.29) is 0 Å². The Morgan fingerprint density at radius 2 is 2.21 bits per heavy atom. The fourth-order valence-electron chi connectivity index (χ4n) is 1.33. The zero-order valence-electron chi connectivity index (χ0n) is 7.42. The van der Waals surface area contributed by atoms with Gasteiger partial charge in [-0.15, -0.1) is 0 Å². The summed E-state index contributed by atoms with van der Waals surface area (Å²) >= 11 is 5.69. The second-order valence-corrected chi connectivity index (χ2v) is 4.90. The summed E-state index contributed by atoms with van der Waals surface area (Å²) in [6, 6.07) is 5.98. The number of benzene rings is 1. The molecule has 0 aliphatic heterocycles. The summed E-state index contributed by atoms with van der Waals surface area (Å²) in [5, 5.41) is 1.04. The molecule has 0 bridgehead atoms. The van der Waals surface area contributed by atoms with Gasteiger partial charge in [-0.1, -0.05) is 0 Å². The molecule has 0 saturated heterocycles. The van der Waals surface area contributed by atoms with E-state index in [0.717, 1.165) is 24.7 Å². The van der Waals surface area contributed by atoms with Crippen molar-refractivity contribution in [2.75, 3.05) is 7.11 Å². The zero-order chi connectivity index (χ0) is 10.1. The van der Waals surface area contributed by atoms with Gasteiger partial charge in [0.1, 0.15) is 5.75 Å². The smallest absolute Gasteiger partial charge is 0.142 e. The summed E-state index contributed by atoms with van der Waals surface area (Å²) in [6.45, 7) is 0. The minimum absolute atomic E-state index is 0.841. The number of rotatable bonds is 1. The molecule has 0 aliphatic carbocycles. The predicted octanol–water partition coefficient (Wildman–Crippen LogP) is 3.61. The molecule has 1 heterocycles. The number of hydrogen-bond donors (Lipinski definition) is 0. The normalized spacial score (nSPS) is 10.5. The lowest BCUT2D eigenvalue weighted by Gasteiger charge is -2.07. The van der Waals surface area contributed by atoms with Crippen LogP contribution >= 0.6 is 38.5 Å². The number of methoxy groups -OCH3 is 1. The van der Waals surface area contributed by atoms with Crippen molar-refractivity contribution in [1.82, 2.24) is 4.98 Å². The third-order valence-corrected chi connectivity index (χ3v) is 3.15. The molecule has 2 aromatic rings. The van der Waals surface area contributed by atoms with Gasteiger partial charge in [-0.2, -0.15) is 0 Å². The summed E-state index contributed by atoms with van der Waals surface area (Å²) in [5.41, 5.74) is 0.950. The number of aromatic nitrogens is 1. The van der Waals surface area contributed by atoms with Crippen molar-refractivity contribution < 1.29 is 4.74 Å². The van der Waals surface area contributed by atoms with Gasteiger partial charge >= 0.3 is 0 Å². The van der Waals surface area contributed by atoms with Crippen LogP contribution in [0.1, 0.15) is 0 Å². The maximum Gasteiger partial charge on any atom is 0.142 e. The maximum atomic E-state index is 5.32. The molecule has 0 amide bonds. The number of hydrogen-bond acceptors (Lipinski definition) is 2. The molecule has 72 valence electrons. The van der Waals surface area contributed by atoms with Crippen LogP contribution < -0.4 is 4.74 Å². The van der Waals surface area contributed by atoms with Gasteiger partial charge in [0.05, 0.1) is 17.1 Å². The molecule has 0 radical (unpaired) electrons. The highest BCUT2D eigenvalue weighted by atomic mass is 127. The number of pyridine rings is 1. The molecule has 0 N–H and O–H groups in total. The molecule has 0 saturated carbocycles. The van der Waals surface area contributed by atoms with E-state index in [0.29, 0.717) is 0 Å². The minimum Gasteiger partial charge on any atom is -0.495 e. The fourth-order valence-corrected chi connectivity index (χ4v) is 2.29. The first-order valence-corrected chi connectivity index (χ1v) is 5.87. The van der Waals surface area contributed by atoms with E-state index in [1.807, 2.05) is 18.3 Å². The topological polar surface area (TPSA) is 22.1 Å². The van der Waals surface area contributed by atoms with E-state index in [4.69, 9.17) is 4.74 Å². The molecule has 0 unspecified atom stereocenters. The van der Waals surface area contributed by atoms with Crippen LogP contribution in [-0.4, -0.2) is 12.1 Å². The van der Waals surface area contributed by atoms with Crippen LogP contribution in [0.3, 0.4) is 0 Å². The summed E-state index contributed by atoms with van der Waals surface area (Å²) < 4.78 is 7.38. The molecular weight excluding hydrogens is 357 g/mol. The van der Waals surface area contributed by atoms with Gasteiger partial charge in [0.2, 0.25) is 0 Å². The van der Waals surface area contributed by atoms with Crippen molar-refractivity contribution in [2.24, 2.45) is 0 Å². The zero-order valence-corrected chi connectivity index (χ0v) is 11.2. The van der Waals surface area contributed by atoms with Gasteiger partial charge in [-0.05, 0) is 56.7 Å². The van der Waals surface area contributed by atoms with Crippen molar-refractivity contribution in [3.63, 3.8) is 0 Å². The van der Waals surface area contributed by atoms with Crippen molar-refractivity contribution in [3.05, 3.63) is 32.4 Å². The van der Waals surface area contributed by atoms with E-state index in [1.165, 1.54) is 0 Å². The van der Waals surface area contributed by atoms with E-state index >= 15 is 0 Å². The number of nitrogens with zero attached hydrogens (tertiary/aromatic N) is 1. The molecule has 0 fully saturated rings. The molecule has 2 rings (SSSR count). The Morgan fingerprint density at radius 1 is 1.43 bits per heavy atom. The van der Waals surface area contributed by atoms with E-state index in [9.17, 15) is 0 Å². The highest BCUT2D eigenvalue weighted by molar-refractivity contribution is 14.1. The lowest BCUT2D eigenvalue weighted by molar-refractivity contribution is 0.417. The van der Waals surface area contributed by atoms with Gasteiger partial charge in [-0.25, -0.2) is 0 Å². The largest absolute Gasteiger partial charge is 0.495 e. The van der Waals surface area contributed by atoms with Crippen LogP contribution in [0, 0.1) is 3.57 Å². The maximum absolute atomic E-state index is 5.32. The monoisotopic (exact) mass is 363 g/mol. The summed E-state index contributed by atoms with van der Waals surface area (Å²) in [7, 11) is 1.67. The van der Waals surface area contributed by atoms with Crippen LogP contribution in [0.2, 0.25) is 0 Å². The molecule has 4 heteroatoms. The standard InChI is InChI=1S/C10H7BrINO/c1-14-10-7-4-6(12)5-13-9(7)3-2-8(10)11/h2-5H,1H3. The summed E-state index contributed by atoms with van der Waals surface area (Å²) in [4.78, 5) is 4.32. The Morgan fingerprint density at radius 3 is 2.93 bits per heavy atom. The lowest BCUT2D eigenvalue weighted by atomic mass is 10.2. The highest BCUT2D eigenvalue weighted by Gasteiger charge is 2.06. The average Bonchev–Trinajstić information content (AvgIpc) is 2.17. The number of halogens is 2. The Bertz CT molecular complexity index is 482. The van der Waals surface area contributed by atoms with Crippen LogP contribution in [0.25, 0.3) is 10.9 Å². The molecule has 14 heavy (non-hydrogen) atoms. The van der Waals surface area contributed by atoms with Crippen LogP contribution in [0.15, 0.2) is 28.9 Å². The minimum atomic E-state index is 0.841. The third kappa shape index (κ3) is 1.72. The third-order valence-electron chi connectivity index (χ3n) is 1.94. The summed E-state index contributed by atoms with van der Waals surface area (Å²) in [5.74, 6) is 0.841. The first-order chi connectivity index (χ1) is 6.72. The Balaban J connectivity index is 2.84. The lowest BCUT2D eigenvalue weighted by Crippen LogP contribution is -1.88. The Kier molecular flexibility index (Phi) is 2.92. The molecular formula is C10H7BrINO. The number of ether oxygens (including phenoxy) is 1. The molecule has 2 nitrogen and oxygen atoms in total. The van der Waals surface area contributed by atoms with Crippen LogP contribution in [0.4, 0.5) is 0 Å². The number of fused-ring (bicyclic) bond motifs is 1. The van der Waals surface area contributed by atoms with Crippen LogP contribution in [-0.2, 0) is 0 Å². The Hall–Kier alpha value is -0.360. The first-order valence-electron chi connectivity index (χ1n) is 4.00. The van der Waals surface area contributed by atoms with Gasteiger partial charge in [0, 0.05) is 15.2 Å². The van der Waals surface area contributed by atoms with Crippen LogP contribution in [0.5, 0.6) is 5.75 Å². The van der Waals surface area contributed by atoms with E-state index < -0.39 is 0 Å². The summed E-state index contributed by atoms with van der Waals surface area (Å²) in [6.07, 6.45) is 1.84. The average molecular weight is 364 g/mol. The van der Waals surface area contributed by atoms with Crippen molar-refractivity contribution in [2.45, 2.75) is 0 Å². The van der Waals surface area contributed by atoms with Crippen molar-refractivity contribution in [1.29, 1.82) is 0 Å². The molecule has 1 aromatic carbocycles. The van der Waals surface area contributed by atoms with Gasteiger partial charge < -0.3 is 4.74 Å². The Labute approximate surface area is 104 Å². The van der Waals surface area contributed by atoms with Gasteiger partial charge in [-0.3, -0.25) is 4.98 Å². The quantitative estimate of drug-likeness (QED) is 0.722. The predicted molar refractivity (Wildman–Crippen MR) is 68.7 cm³/mol. The van der Waals surface area contributed by atoms with Crippen molar-refractivity contribution in [3.8, 4) is 5.75 Å². The second-order valence-electron chi connectivity index (χ2n) is 2.80. The van der Waals surface area contributed by atoms with Gasteiger partial charge in [0.25, 0.3) is 0 Å². The van der Waals surface area contributed by atoms with E-state index in [2.05, 4.69) is 49.6 Å². The fraction of sp³-hybridized carbons (Fsp3) is 0.100. The molecule has 1 aromatic heterocycles. The van der Waals surface area contributed by atoms with Gasteiger partial charge in [0.15, 0.2) is 0 Å².